The number of hydrogen-bond acceptors (Lipinski definition) is 3. The predicted molar refractivity (Wildman–Crippen MR) is 127 cm³/mol. The van der Waals surface area contributed by atoms with E-state index in [4.69, 9.17) is 4.74 Å². The fourth-order valence-corrected chi connectivity index (χ4v) is 3.49. The molecule has 1 aliphatic rings. The molecule has 2 N–H and O–H groups in total. The van der Waals surface area contributed by atoms with Gasteiger partial charge in [0.05, 0.1) is 0 Å². The van der Waals surface area contributed by atoms with Crippen LogP contribution in [0.5, 0.6) is 0 Å². The molecule has 154 valence electrons. The highest BCUT2D eigenvalue weighted by atomic mass is 127. The first kappa shape index (κ1) is 24.0. The Bertz CT molecular complexity index is 534. The van der Waals surface area contributed by atoms with Gasteiger partial charge in [0, 0.05) is 53.1 Å². The molecule has 1 saturated carbocycles. The first-order chi connectivity index (χ1) is 12.7. The molecule has 0 spiro atoms. The number of guanidine groups is 1. The first-order valence-corrected chi connectivity index (χ1v) is 9.89. The van der Waals surface area contributed by atoms with Crippen molar-refractivity contribution in [3.05, 3.63) is 30.3 Å². The summed E-state index contributed by atoms with van der Waals surface area (Å²) in [6.07, 6.45) is 7.36. The summed E-state index contributed by atoms with van der Waals surface area (Å²) in [5.74, 6) is 0.921. The van der Waals surface area contributed by atoms with Gasteiger partial charge in [-0.15, -0.1) is 24.0 Å². The number of hydrogen-bond donors (Lipinski definition) is 2. The Morgan fingerprint density at radius 3 is 2.52 bits per heavy atom. The molecular formula is C21H37IN4O. The number of aliphatic imine (C=N–C) groups is 1. The monoisotopic (exact) mass is 488 g/mol. The van der Waals surface area contributed by atoms with Gasteiger partial charge in [0.1, 0.15) is 0 Å². The lowest BCUT2D eigenvalue weighted by Crippen LogP contribution is -2.47. The van der Waals surface area contributed by atoms with Gasteiger partial charge in [-0.3, -0.25) is 4.99 Å². The summed E-state index contributed by atoms with van der Waals surface area (Å²) in [4.78, 5) is 6.67. The minimum Gasteiger partial charge on any atom is -0.385 e. The van der Waals surface area contributed by atoms with Gasteiger partial charge in [-0.25, -0.2) is 0 Å². The van der Waals surface area contributed by atoms with Crippen molar-refractivity contribution >= 4 is 35.6 Å². The quantitative estimate of drug-likeness (QED) is 0.215. The van der Waals surface area contributed by atoms with Crippen LogP contribution in [-0.2, 0) is 4.74 Å². The normalized spacial score (nSPS) is 15.4. The Balaban J connectivity index is 0.00000364. The third kappa shape index (κ3) is 8.25. The van der Waals surface area contributed by atoms with E-state index in [0.717, 1.165) is 51.5 Å². The summed E-state index contributed by atoms with van der Waals surface area (Å²) in [6, 6.07) is 10.5. The van der Waals surface area contributed by atoms with Crippen LogP contribution < -0.4 is 15.5 Å². The largest absolute Gasteiger partial charge is 0.385 e. The molecule has 0 aromatic heterocycles. The van der Waals surface area contributed by atoms with Crippen LogP contribution in [0.15, 0.2) is 35.3 Å². The van der Waals surface area contributed by atoms with Gasteiger partial charge < -0.3 is 20.3 Å². The zero-order valence-electron chi connectivity index (χ0n) is 17.2. The van der Waals surface area contributed by atoms with Gasteiger partial charge in [0.15, 0.2) is 5.96 Å². The van der Waals surface area contributed by atoms with E-state index in [2.05, 4.69) is 57.9 Å². The zero-order valence-corrected chi connectivity index (χ0v) is 19.5. The van der Waals surface area contributed by atoms with Crippen LogP contribution in [-0.4, -0.2) is 53.4 Å². The molecule has 1 aliphatic carbocycles. The Morgan fingerprint density at radius 1 is 1.19 bits per heavy atom. The van der Waals surface area contributed by atoms with E-state index in [9.17, 15) is 0 Å². The van der Waals surface area contributed by atoms with Crippen molar-refractivity contribution in [2.75, 3.05) is 52.3 Å². The number of unbranched alkanes of at least 4 members (excludes halogenated alkanes) is 1. The molecule has 0 saturated heterocycles. The van der Waals surface area contributed by atoms with E-state index in [-0.39, 0.29) is 24.0 Å². The number of rotatable bonds is 11. The highest BCUT2D eigenvalue weighted by molar-refractivity contribution is 14.0. The van der Waals surface area contributed by atoms with Crippen LogP contribution in [0.1, 0.15) is 38.5 Å². The molecule has 0 radical (unpaired) electrons. The average Bonchev–Trinajstić information content (AvgIpc) is 2.65. The van der Waals surface area contributed by atoms with Crippen molar-refractivity contribution < 1.29 is 4.74 Å². The highest BCUT2D eigenvalue weighted by Crippen LogP contribution is 2.43. The number of para-hydroxylation sites is 1. The number of anilines is 1. The maximum Gasteiger partial charge on any atom is 0.190 e. The van der Waals surface area contributed by atoms with Gasteiger partial charge in [-0.05, 0) is 49.7 Å². The topological polar surface area (TPSA) is 48.9 Å². The summed E-state index contributed by atoms with van der Waals surface area (Å²) in [7, 11) is 5.79. The maximum absolute atomic E-state index is 5.27. The molecule has 5 nitrogen and oxygen atoms in total. The summed E-state index contributed by atoms with van der Waals surface area (Å²) in [6.45, 7) is 3.86. The van der Waals surface area contributed by atoms with E-state index in [1.165, 1.54) is 24.9 Å². The van der Waals surface area contributed by atoms with E-state index in [0.29, 0.717) is 5.41 Å². The fourth-order valence-electron chi connectivity index (χ4n) is 3.49. The molecule has 6 heteroatoms. The van der Waals surface area contributed by atoms with E-state index in [1.807, 2.05) is 7.05 Å². The molecule has 2 rings (SSSR count). The molecule has 0 atom stereocenters. The SMILES string of the molecule is CN=C(NCCCCN(C)c1ccccc1)NCC1(CCOC)CCC1.I. The molecule has 0 bridgehead atoms. The van der Waals surface area contributed by atoms with Crippen LogP contribution in [0, 0.1) is 5.41 Å². The molecule has 27 heavy (non-hydrogen) atoms. The zero-order chi connectivity index (χ0) is 18.7. The van der Waals surface area contributed by atoms with Crippen LogP contribution >= 0.6 is 24.0 Å². The van der Waals surface area contributed by atoms with Crippen LogP contribution in [0.2, 0.25) is 0 Å². The van der Waals surface area contributed by atoms with Crippen molar-refractivity contribution in [2.45, 2.75) is 38.5 Å². The summed E-state index contributed by atoms with van der Waals surface area (Å²) in [5.41, 5.74) is 1.69. The number of benzene rings is 1. The smallest absolute Gasteiger partial charge is 0.190 e. The lowest BCUT2D eigenvalue weighted by molar-refractivity contribution is 0.0732. The Morgan fingerprint density at radius 2 is 1.93 bits per heavy atom. The number of nitrogens with zero attached hydrogens (tertiary/aromatic N) is 2. The van der Waals surface area contributed by atoms with Crippen molar-refractivity contribution in [2.24, 2.45) is 10.4 Å². The van der Waals surface area contributed by atoms with E-state index < -0.39 is 0 Å². The molecule has 0 heterocycles. The lowest BCUT2D eigenvalue weighted by atomic mass is 9.67. The molecule has 1 aromatic carbocycles. The van der Waals surface area contributed by atoms with Crippen molar-refractivity contribution in [1.29, 1.82) is 0 Å². The second-order valence-electron chi connectivity index (χ2n) is 7.41. The summed E-state index contributed by atoms with van der Waals surface area (Å²) < 4.78 is 5.27. The Hall–Kier alpha value is -1.02. The first-order valence-electron chi connectivity index (χ1n) is 9.89. The molecule has 0 amide bonds. The molecule has 0 unspecified atom stereocenters. The standard InChI is InChI=1S/C21H36N4O.HI/c1-22-20(24-18-21(12-9-13-21)14-17-26-3)23-15-7-8-16-25(2)19-10-5-4-6-11-19;/h4-6,10-11H,7-9,12-18H2,1-3H3,(H2,22,23,24);1H. The van der Waals surface area contributed by atoms with Gasteiger partial charge in [-0.1, -0.05) is 24.6 Å². The fraction of sp³-hybridized carbons (Fsp3) is 0.667. The van der Waals surface area contributed by atoms with E-state index >= 15 is 0 Å². The number of nitrogens with one attached hydrogen (secondary N) is 2. The van der Waals surface area contributed by atoms with Gasteiger partial charge in [0.2, 0.25) is 0 Å². The van der Waals surface area contributed by atoms with E-state index in [1.54, 1.807) is 7.11 Å². The maximum atomic E-state index is 5.27. The number of methoxy groups -OCH3 is 1. The lowest BCUT2D eigenvalue weighted by Gasteiger charge is -2.42. The van der Waals surface area contributed by atoms with Crippen LogP contribution in [0.4, 0.5) is 5.69 Å². The second kappa shape index (κ2) is 13.2. The Labute approximate surface area is 182 Å². The highest BCUT2D eigenvalue weighted by Gasteiger charge is 2.36. The minimum absolute atomic E-state index is 0. The third-order valence-corrected chi connectivity index (χ3v) is 5.51. The van der Waals surface area contributed by atoms with Crippen molar-refractivity contribution in [3.63, 3.8) is 0 Å². The number of halogens is 1. The van der Waals surface area contributed by atoms with Gasteiger partial charge >= 0.3 is 0 Å². The molecule has 1 fully saturated rings. The molecular weight excluding hydrogens is 451 g/mol. The predicted octanol–water partition coefficient (Wildman–Crippen LogP) is 3.89. The summed E-state index contributed by atoms with van der Waals surface area (Å²) >= 11 is 0. The molecule has 1 aromatic rings. The van der Waals surface area contributed by atoms with Crippen molar-refractivity contribution in [3.8, 4) is 0 Å². The molecule has 0 aliphatic heterocycles. The van der Waals surface area contributed by atoms with Gasteiger partial charge in [-0.2, -0.15) is 0 Å². The third-order valence-electron chi connectivity index (χ3n) is 5.51. The minimum atomic E-state index is 0. The van der Waals surface area contributed by atoms with Crippen LogP contribution in [0.3, 0.4) is 0 Å². The van der Waals surface area contributed by atoms with Crippen LogP contribution in [0.25, 0.3) is 0 Å². The number of ether oxygens (including phenoxy) is 1. The average molecular weight is 488 g/mol. The Kier molecular flexibility index (Phi) is 11.7. The second-order valence-corrected chi connectivity index (χ2v) is 7.41. The van der Waals surface area contributed by atoms with Crippen molar-refractivity contribution in [1.82, 2.24) is 10.6 Å². The van der Waals surface area contributed by atoms with Gasteiger partial charge in [0.25, 0.3) is 0 Å². The summed E-state index contributed by atoms with van der Waals surface area (Å²) in [5, 5.41) is 6.97.